The van der Waals surface area contributed by atoms with E-state index in [0.29, 0.717) is 4.90 Å². The fraction of sp³-hybridized carbons (Fsp3) is 0.727. The minimum atomic E-state index is -1.01. The quantitative estimate of drug-likeness (QED) is 0.547. The molecule has 2 amide bonds. The summed E-state index contributed by atoms with van der Waals surface area (Å²) in [4.78, 5) is 24.2. The van der Waals surface area contributed by atoms with E-state index in [0.717, 1.165) is 0 Å². The van der Waals surface area contributed by atoms with Gasteiger partial charge in [-0.2, -0.15) is 0 Å². The van der Waals surface area contributed by atoms with Crippen molar-refractivity contribution in [1.82, 2.24) is 4.90 Å². The van der Waals surface area contributed by atoms with Crippen LogP contribution < -0.4 is 5.73 Å². The van der Waals surface area contributed by atoms with E-state index < -0.39 is 29.3 Å². The number of carbonyl (C=O) groups excluding carboxylic acids is 2. The summed E-state index contributed by atoms with van der Waals surface area (Å²) in [6, 6.07) is 0. The number of imide groups is 1. The van der Waals surface area contributed by atoms with Crippen LogP contribution in [0, 0.1) is 0 Å². The van der Waals surface area contributed by atoms with E-state index in [-0.39, 0.29) is 0 Å². The lowest BCUT2D eigenvalue weighted by Gasteiger charge is -2.27. The molecular formula is C11H20ClN3O4. The molecule has 0 rings (SSSR count). The first-order chi connectivity index (χ1) is 8.37. The fourth-order valence-electron chi connectivity index (χ4n) is 0.915. The summed E-state index contributed by atoms with van der Waals surface area (Å²) in [7, 11) is 0. The van der Waals surface area contributed by atoms with Gasteiger partial charge in [0.05, 0.1) is 0 Å². The number of ether oxygens (including phenoxy) is 2. The van der Waals surface area contributed by atoms with E-state index in [9.17, 15) is 9.59 Å². The average Bonchev–Trinajstić information content (AvgIpc) is 2.11. The van der Waals surface area contributed by atoms with Crippen LogP contribution in [0.3, 0.4) is 0 Å². The molecule has 0 heterocycles. The predicted molar refractivity (Wildman–Crippen MR) is 71.8 cm³/mol. The Morgan fingerprint density at radius 2 is 1.32 bits per heavy atom. The number of hydrogen-bond donors (Lipinski definition) is 1. The first-order valence-corrected chi connectivity index (χ1v) is 5.91. The Balaban J connectivity index is 5.14. The summed E-state index contributed by atoms with van der Waals surface area (Å²) >= 11 is 5.18. The van der Waals surface area contributed by atoms with E-state index in [1.165, 1.54) is 0 Å². The molecule has 8 heteroatoms. The second-order valence-corrected chi connectivity index (χ2v) is 5.91. The minimum absolute atomic E-state index is 0.434. The number of halogens is 1. The van der Waals surface area contributed by atoms with Gasteiger partial charge in [-0.05, 0) is 41.5 Å². The zero-order valence-electron chi connectivity index (χ0n) is 12.0. The summed E-state index contributed by atoms with van der Waals surface area (Å²) in [5.74, 6) is -0.523. The molecule has 19 heavy (non-hydrogen) atoms. The number of guanidine groups is 1. The van der Waals surface area contributed by atoms with Crippen molar-refractivity contribution >= 4 is 29.9 Å². The Bertz CT molecular complexity index is 354. The standard InChI is InChI=1S/C11H20ClN3O4/c1-10(2,3)18-8(16)15(7(13)14-12)9(17)19-11(4,5)6/h1-6H3,(H2,13,14). The van der Waals surface area contributed by atoms with Crippen LogP contribution in [0.1, 0.15) is 41.5 Å². The molecule has 0 unspecified atom stereocenters. The van der Waals surface area contributed by atoms with E-state index >= 15 is 0 Å². The van der Waals surface area contributed by atoms with Crippen LogP contribution in [0.15, 0.2) is 4.51 Å². The van der Waals surface area contributed by atoms with Crippen LogP contribution in [0.5, 0.6) is 0 Å². The van der Waals surface area contributed by atoms with Gasteiger partial charge < -0.3 is 15.2 Å². The molecule has 0 spiro atoms. The highest BCUT2D eigenvalue weighted by Crippen LogP contribution is 2.14. The normalized spacial score (nSPS) is 12.9. The highest BCUT2D eigenvalue weighted by Gasteiger charge is 2.33. The first-order valence-electron chi connectivity index (χ1n) is 5.58. The van der Waals surface area contributed by atoms with Gasteiger partial charge in [0.25, 0.3) is 0 Å². The highest BCUT2D eigenvalue weighted by molar-refractivity contribution is 6.22. The van der Waals surface area contributed by atoms with Crippen molar-refractivity contribution in [2.45, 2.75) is 52.7 Å². The Labute approximate surface area is 117 Å². The number of rotatable bonds is 0. The summed E-state index contributed by atoms with van der Waals surface area (Å²) in [6.45, 7) is 9.87. The number of nitrogens with zero attached hydrogens (tertiary/aromatic N) is 2. The van der Waals surface area contributed by atoms with E-state index in [4.69, 9.17) is 27.0 Å². The van der Waals surface area contributed by atoms with Crippen molar-refractivity contribution in [2.24, 2.45) is 10.2 Å². The molecule has 0 aromatic rings. The Morgan fingerprint density at radius 1 is 1.00 bits per heavy atom. The molecular weight excluding hydrogens is 274 g/mol. The first kappa shape index (κ1) is 17.5. The van der Waals surface area contributed by atoms with Gasteiger partial charge in [-0.25, -0.2) is 9.59 Å². The number of carbonyl (C=O) groups is 2. The largest absolute Gasteiger partial charge is 0.443 e. The monoisotopic (exact) mass is 293 g/mol. The van der Waals surface area contributed by atoms with Gasteiger partial charge in [0, 0.05) is 11.8 Å². The predicted octanol–water partition coefficient (Wildman–Crippen LogP) is 2.63. The smallest absolute Gasteiger partial charge is 0.427 e. The maximum atomic E-state index is 11.9. The summed E-state index contributed by atoms with van der Waals surface area (Å²) in [5, 5.41) is 0. The van der Waals surface area contributed by atoms with Crippen LogP contribution in [-0.2, 0) is 9.47 Å². The van der Waals surface area contributed by atoms with Crippen LogP contribution in [0.4, 0.5) is 9.59 Å². The number of hydrogen-bond acceptors (Lipinski definition) is 5. The third-order valence-electron chi connectivity index (χ3n) is 1.47. The molecule has 0 aliphatic carbocycles. The van der Waals surface area contributed by atoms with Crippen molar-refractivity contribution < 1.29 is 19.1 Å². The molecule has 0 radical (unpaired) electrons. The van der Waals surface area contributed by atoms with Crippen molar-refractivity contribution in [3.05, 3.63) is 0 Å². The molecule has 0 saturated carbocycles. The summed E-state index contributed by atoms with van der Waals surface area (Å²) in [6.07, 6.45) is -2.02. The molecule has 0 saturated heterocycles. The molecule has 0 fully saturated rings. The lowest BCUT2D eigenvalue weighted by atomic mass is 10.2. The molecule has 0 aliphatic rings. The zero-order valence-corrected chi connectivity index (χ0v) is 12.7. The van der Waals surface area contributed by atoms with E-state index in [2.05, 4.69) is 4.51 Å². The van der Waals surface area contributed by atoms with Crippen LogP contribution in [0.2, 0.25) is 0 Å². The SMILES string of the molecule is CC(C)(C)OC(=O)N(C(=O)OC(C)(C)C)C(N)=NCl. The second-order valence-electron chi connectivity index (χ2n) is 5.74. The number of nitrogens with two attached hydrogens (primary N) is 1. The molecule has 0 aromatic carbocycles. The van der Waals surface area contributed by atoms with Crippen molar-refractivity contribution in [3.63, 3.8) is 0 Å². The summed E-state index contributed by atoms with van der Waals surface area (Å²) in [5.41, 5.74) is 3.80. The van der Waals surface area contributed by atoms with Gasteiger partial charge in [0.1, 0.15) is 11.2 Å². The van der Waals surface area contributed by atoms with Crippen molar-refractivity contribution in [3.8, 4) is 0 Å². The van der Waals surface area contributed by atoms with Crippen molar-refractivity contribution in [2.75, 3.05) is 0 Å². The highest BCUT2D eigenvalue weighted by atomic mass is 35.5. The molecule has 0 aromatic heterocycles. The fourth-order valence-corrected chi connectivity index (χ4v) is 0.990. The molecule has 110 valence electrons. The maximum Gasteiger partial charge on any atom is 0.427 e. The third-order valence-corrected chi connectivity index (χ3v) is 1.64. The van der Waals surface area contributed by atoms with Gasteiger partial charge in [-0.1, -0.05) is 0 Å². The Morgan fingerprint density at radius 3 is 1.53 bits per heavy atom. The molecule has 7 nitrogen and oxygen atoms in total. The number of amides is 2. The van der Waals surface area contributed by atoms with Gasteiger partial charge in [-0.3, -0.25) is 0 Å². The van der Waals surface area contributed by atoms with E-state index in [1.807, 2.05) is 0 Å². The lowest BCUT2D eigenvalue weighted by Crippen LogP contribution is -2.49. The summed E-state index contributed by atoms with van der Waals surface area (Å²) < 4.78 is 13.1. The topological polar surface area (TPSA) is 94.2 Å². The van der Waals surface area contributed by atoms with Crippen LogP contribution in [0.25, 0.3) is 0 Å². The zero-order chi connectivity index (χ0) is 15.4. The molecule has 0 bridgehead atoms. The van der Waals surface area contributed by atoms with Crippen molar-refractivity contribution in [1.29, 1.82) is 0 Å². The van der Waals surface area contributed by atoms with Crippen LogP contribution >= 0.6 is 11.8 Å². The molecule has 0 aliphatic heterocycles. The third kappa shape index (κ3) is 6.85. The molecule has 0 atom stereocenters. The lowest BCUT2D eigenvalue weighted by molar-refractivity contribution is 0.0146. The van der Waals surface area contributed by atoms with Gasteiger partial charge in [-0.15, -0.1) is 9.41 Å². The minimum Gasteiger partial charge on any atom is -0.443 e. The van der Waals surface area contributed by atoms with E-state index in [1.54, 1.807) is 41.5 Å². The van der Waals surface area contributed by atoms with Gasteiger partial charge in [0.15, 0.2) is 0 Å². The van der Waals surface area contributed by atoms with Gasteiger partial charge >= 0.3 is 12.2 Å². The Hall–Kier alpha value is -1.50. The maximum absolute atomic E-state index is 11.9. The second kappa shape index (κ2) is 6.10. The Kier molecular flexibility index (Phi) is 5.62. The average molecular weight is 294 g/mol. The van der Waals surface area contributed by atoms with Gasteiger partial charge in [0.2, 0.25) is 5.96 Å². The van der Waals surface area contributed by atoms with Crippen LogP contribution in [-0.4, -0.2) is 34.2 Å². The molecule has 2 N–H and O–H groups in total.